The molecular formula is C11H16N2O2. The van der Waals surface area contributed by atoms with Gasteiger partial charge in [-0.05, 0) is 12.1 Å². The van der Waals surface area contributed by atoms with Crippen molar-refractivity contribution in [2.24, 2.45) is 5.73 Å². The highest BCUT2D eigenvalue weighted by molar-refractivity contribution is 5.73. The summed E-state index contributed by atoms with van der Waals surface area (Å²) in [6.07, 6.45) is 0.242. The van der Waals surface area contributed by atoms with Gasteiger partial charge in [0.15, 0.2) is 0 Å². The summed E-state index contributed by atoms with van der Waals surface area (Å²) in [7, 11) is 3.92. The van der Waals surface area contributed by atoms with Gasteiger partial charge in [0, 0.05) is 25.8 Å². The first-order valence-electron chi connectivity index (χ1n) is 4.78. The molecule has 4 nitrogen and oxygen atoms in total. The van der Waals surface area contributed by atoms with Crippen LogP contribution in [0.5, 0.6) is 5.75 Å². The van der Waals surface area contributed by atoms with E-state index in [9.17, 15) is 4.79 Å². The maximum Gasteiger partial charge on any atom is 0.220 e. The average molecular weight is 208 g/mol. The third kappa shape index (κ3) is 3.89. The van der Waals surface area contributed by atoms with E-state index in [1.54, 1.807) is 0 Å². The fourth-order valence-electron chi connectivity index (χ4n) is 1.12. The number of rotatable bonds is 5. The Bertz CT molecular complexity index is 337. The number of anilines is 1. The van der Waals surface area contributed by atoms with Crippen LogP contribution in [0.2, 0.25) is 0 Å². The lowest BCUT2D eigenvalue weighted by Gasteiger charge is -2.13. The molecule has 2 N–H and O–H groups in total. The molecule has 0 radical (unpaired) electrons. The Kier molecular flexibility index (Phi) is 3.97. The molecule has 0 bridgehead atoms. The van der Waals surface area contributed by atoms with Gasteiger partial charge < -0.3 is 15.4 Å². The topological polar surface area (TPSA) is 55.6 Å². The predicted molar refractivity (Wildman–Crippen MR) is 60.1 cm³/mol. The number of amides is 1. The molecule has 0 unspecified atom stereocenters. The van der Waals surface area contributed by atoms with Gasteiger partial charge in [-0.25, -0.2) is 0 Å². The zero-order valence-corrected chi connectivity index (χ0v) is 9.06. The number of benzene rings is 1. The van der Waals surface area contributed by atoms with Crippen LogP contribution in [0, 0.1) is 0 Å². The van der Waals surface area contributed by atoms with Crippen molar-refractivity contribution in [2.45, 2.75) is 6.42 Å². The summed E-state index contributed by atoms with van der Waals surface area (Å²) >= 11 is 0. The minimum Gasteiger partial charge on any atom is -0.493 e. The van der Waals surface area contributed by atoms with E-state index in [-0.39, 0.29) is 12.3 Å². The third-order valence-corrected chi connectivity index (χ3v) is 1.95. The zero-order chi connectivity index (χ0) is 11.3. The van der Waals surface area contributed by atoms with E-state index in [0.717, 1.165) is 11.4 Å². The van der Waals surface area contributed by atoms with Crippen LogP contribution in [0.4, 0.5) is 5.69 Å². The van der Waals surface area contributed by atoms with Crippen molar-refractivity contribution >= 4 is 11.6 Å². The molecule has 0 saturated carbocycles. The molecule has 0 aromatic heterocycles. The van der Waals surface area contributed by atoms with E-state index < -0.39 is 0 Å². The Morgan fingerprint density at radius 2 is 2.20 bits per heavy atom. The van der Waals surface area contributed by atoms with Crippen LogP contribution in [-0.4, -0.2) is 26.6 Å². The number of nitrogens with zero attached hydrogens (tertiary/aromatic N) is 1. The molecule has 0 aliphatic rings. The van der Waals surface area contributed by atoms with E-state index >= 15 is 0 Å². The fourth-order valence-corrected chi connectivity index (χ4v) is 1.12. The summed E-state index contributed by atoms with van der Waals surface area (Å²) in [5, 5.41) is 0. The normalized spacial score (nSPS) is 9.73. The Morgan fingerprint density at radius 3 is 2.80 bits per heavy atom. The van der Waals surface area contributed by atoms with E-state index in [1.165, 1.54) is 0 Å². The van der Waals surface area contributed by atoms with Crippen molar-refractivity contribution in [2.75, 3.05) is 25.6 Å². The number of ether oxygens (including phenoxy) is 1. The van der Waals surface area contributed by atoms with Gasteiger partial charge in [0.05, 0.1) is 13.0 Å². The molecular weight excluding hydrogens is 192 g/mol. The van der Waals surface area contributed by atoms with Gasteiger partial charge in [0.25, 0.3) is 0 Å². The van der Waals surface area contributed by atoms with Crippen molar-refractivity contribution in [1.82, 2.24) is 0 Å². The Hall–Kier alpha value is -1.71. The summed E-state index contributed by atoms with van der Waals surface area (Å²) < 4.78 is 5.38. The first-order chi connectivity index (χ1) is 7.09. The standard InChI is InChI=1S/C11H16N2O2/c1-13(2)9-4-3-5-10(8-9)15-7-6-11(12)14/h3-5,8H,6-7H2,1-2H3,(H2,12,14). The van der Waals surface area contributed by atoms with Crippen LogP contribution in [0.1, 0.15) is 6.42 Å². The molecule has 0 heterocycles. The molecule has 82 valence electrons. The van der Waals surface area contributed by atoms with Crippen molar-refractivity contribution in [3.8, 4) is 5.75 Å². The van der Waals surface area contributed by atoms with E-state index in [2.05, 4.69) is 0 Å². The van der Waals surface area contributed by atoms with Gasteiger partial charge in [-0.1, -0.05) is 6.07 Å². The van der Waals surface area contributed by atoms with Crippen LogP contribution < -0.4 is 15.4 Å². The van der Waals surface area contributed by atoms with Gasteiger partial charge in [0.2, 0.25) is 5.91 Å². The quantitative estimate of drug-likeness (QED) is 0.785. The lowest BCUT2D eigenvalue weighted by molar-refractivity contribution is -0.118. The molecule has 0 spiro atoms. The maximum atomic E-state index is 10.5. The second-order valence-electron chi connectivity index (χ2n) is 3.46. The van der Waals surface area contributed by atoms with Crippen LogP contribution in [0.25, 0.3) is 0 Å². The summed E-state index contributed by atoms with van der Waals surface area (Å²) in [5.41, 5.74) is 6.07. The molecule has 1 amide bonds. The lowest BCUT2D eigenvalue weighted by Crippen LogP contribution is -2.14. The lowest BCUT2D eigenvalue weighted by atomic mass is 10.3. The van der Waals surface area contributed by atoms with Crippen LogP contribution in [-0.2, 0) is 4.79 Å². The molecule has 1 rings (SSSR count). The number of hydrogen-bond acceptors (Lipinski definition) is 3. The molecule has 15 heavy (non-hydrogen) atoms. The Labute approximate surface area is 89.6 Å². The van der Waals surface area contributed by atoms with Gasteiger partial charge in [0.1, 0.15) is 5.75 Å². The Balaban J connectivity index is 2.54. The highest BCUT2D eigenvalue weighted by Gasteiger charge is 1.99. The summed E-state index contributed by atoms with van der Waals surface area (Å²) in [4.78, 5) is 12.5. The first-order valence-corrected chi connectivity index (χ1v) is 4.78. The van der Waals surface area contributed by atoms with Crippen LogP contribution in [0.3, 0.4) is 0 Å². The van der Waals surface area contributed by atoms with E-state index in [4.69, 9.17) is 10.5 Å². The maximum absolute atomic E-state index is 10.5. The molecule has 0 fully saturated rings. The van der Waals surface area contributed by atoms with Crippen molar-refractivity contribution < 1.29 is 9.53 Å². The van der Waals surface area contributed by atoms with Crippen molar-refractivity contribution in [3.63, 3.8) is 0 Å². The Morgan fingerprint density at radius 1 is 1.47 bits per heavy atom. The first kappa shape index (κ1) is 11.4. The van der Waals surface area contributed by atoms with Crippen LogP contribution in [0.15, 0.2) is 24.3 Å². The van der Waals surface area contributed by atoms with E-state index in [0.29, 0.717) is 6.61 Å². The highest BCUT2D eigenvalue weighted by Crippen LogP contribution is 2.19. The summed E-state index contributed by atoms with van der Waals surface area (Å²) in [6.45, 7) is 0.326. The second-order valence-corrected chi connectivity index (χ2v) is 3.46. The minimum absolute atomic E-state index is 0.242. The molecule has 0 atom stereocenters. The molecule has 0 aliphatic heterocycles. The highest BCUT2D eigenvalue weighted by atomic mass is 16.5. The molecule has 4 heteroatoms. The zero-order valence-electron chi connectivity index (χ0n) is 9.06. The number of carbonyl (C=O) groups is 1. The van der Waals surface area contributed by atoms with Gasteiger partial charge in [-0.15, -0.1) is 0 Å². The van der Waals surface area contributed by atoms with E-state index in [1.807, 2.05) is 43.3 Å². The molecule has 0 aliphatic carbocycles. The minimum atomic E-state index is -0.348. The summed E-state index contributed by atoms with van der Waals surface area (Å²) in [6, 6.07) is 7.67. The second kappa shape index (κ2) is 5.24. The van der Waals surface area contributed by atoms with Gasteiger partial charge in [-0.2, -0.15) is 0 Å². The SMILES string of the molecule is CN(C)c1cccc(OCCC(N)=O)c1. The van der Waals surface area contributed by atoms with Gasteiger partial charge in [-0.3, -0.25) is 4.79 Å². The monoisotopic (exact) mass is 208 g/mol. The largest absolute Gasteiger partial charge is 0.493 e. The molecule has 0 saturated heterocycles. The van der Waals surface area contributed by atoms with Crippen molar-refractivity contribution in [3.05, 3.63) is 24.3 Å². The smallest absolute Gasteiger partial charge is 0.220 e. The van der Waals surface area contributed by atoms with Crippen molar-refractivity contribution in [1.29, 1.82) is 0 Å². The summed E-state index contributed by atoms with van der Waals surface area (Å²) in [5.74, 6) is 0.404. The number of nitrogens with two attached hydrogens (primary N) is 1. The predicted octanol–water partition coefficient (Wildman–Crippen LogP) is 1.01. The number of primary amides is 1. The molecule has 1 aromatic carbocycles. The van der Waals surface area contributed by atoms with Gasteiger partial charge >= 0.3 is 0 Å². The van der Waals surface area contributed by atoms with Crippen LogP contribution >= 0.6 is 0 Å². The average Bonchev–Trinajstić information content (AvgIpc) is 2.17. The third-order valence-electron chi connectivity index (χ3n) is 1.95. The number of hydrogen-bond donors (Lipinski definition) is 1. The number of carbonyl (C=O) groups excluding carboxylic acids is 1. The molecule has 1 aromatic rings. The fraction of sp³-hybridized carbons (Fsp3) is 0.364.